The second-order valence-electron chi connectivity index (χ2n) is 7.39. The van der Waals surface area contributed by atoms with Crippen LogP contribution in [0.2, 0.25) is 10.0 Å². The largest absolute Gasteiger partial charge is 0.378 e. The van der Waals surface area contributed by atoms with Crippen LogP contribution in [0.5, 0.6) is 0 Å². The third kappa shape index (κ3) is 4.25. The number of methoxy groups -OCH3 is 1. The van der Waals surface area contributed by atoms with Gasteiger partial charge < -0.3 is 15.0 Å². The highest BCUT2D eigenvalue weighted by Gasteiger charge is 2.50. The van der Waals surface area contributed by atoms with Crippen molar-refractivity contribution in [2.75, 3.05) is 19.0 Å². The minimum absolute atomic E-state index is 0.158. The summed E-state index contributed by atoms with van der Waals surface area (Å²) in [5, 5.41) is 3.50. The second kappa shape index (κ2) is 8.30. The van der Waals surface area contributed by atoms with Gasteiger partial charge in [-0.15, -0.1) is 0 Å². The van der Waals surface area contributed by atoms with Crippen molar-refractivity contribution in [3.8, 4) is 0 Å². The van der Waals surface area contributed by atoms with Crippen molar-refractivity contribution in [1.82, 2.24) is 4.90 Å². The summed E-state index contributed by atoms with van der Waals surface area (Å²) >= 11 is 12.0. The number of carbonyl (C=O) groups is 2. The lowest BCUT2D eigenvalue weighted by Gasteiger charge is -2.34. The molecule has 0 aromatic heterocycles. The molecule has 3 rings (SSSR count). The number of halogens is 3. The van der Waals surface area contributed by atoms with Crippen LogP contribution in [0.3, 0.4) is 0 Å². The summed E-state index contributed by atoms with van der Waals surface area (Å²) in [6.07, 6.45) is -0.577. The Bertz CT molecular complexity index is 931. The summed E-state index contributed by atoms with van der Waals surface area (Å²) < 4.78 is 19.8. The monoisotopic (exact) mass is 438 g/mol. The highest BCUT2D eigenvalue weighted by Crippen LogP contribution is 2.36. The summed E-state index contributed by atoms with van der Waals surface area (Å²) in [5.41, 5.74) is -0.547. The molecule has 5 nitrogen and oxygen atoms in total. The molecule has 1 N–H and O–H groups in total. The van der Waals surface area contributed by atoms with Gasteiger partial charge in [0.1, 0.15) is 11.4 Å². The van der Waals surface area contributed by atoms with Gasteiger partial charge in [-0.25, -0.2) is 4.39 Å². The lowest BCUT2D eigenvalue weighted by Crippen LogP contribution is -2.53. The van der Waals surface area contributed by atoms with Gasteiger partial charge in [-0.05, 0) is 38.1 Å². The highest BCUT2D eigenvalue weighted by atomic mass is 35.5. The van der Waals surface area contributed by atoms with E-state index in [2.05, 4.69) is 5.32 Å². The fourth-order valence-corrected chi connectivity index (χ4v) is 4.04. The molecule has 1 saturated heterocycles. The van der Waals surface area contributed by atoms with Gasteiger partial charge in [0.25, 0.3) is 0 Å². The van der Waals surface area contributed by atoms with Crippen LogP contribution in [0.4, 0.5) is 10.1 Å². The summed E-state index contributed by atoms with van der Waals surface area (Å²) in [4.78, 5) is 27.6. The molecule has 2 atom stereocenters. The predicted octanol–water partition coefficient (Wildman–Crippen LogP) is 4.49. The second-order valence-corrected chi connectivity index (χ2v) is 8.27. The number of anilines is 1. The molecule has 1 aliphatic rings. The van der Waals surface area contributed by atoms with Crippen LogP contribution in [-0.2, 0) is 14.3 Å². The number of amides is 2. The van der Waals surface area contributed by atoms with Gasteiger partial charge in [0.2, 0.25) is 11.8 Å². The zero-order chi connectivity index (χ0) is 21.3. The topological polar surface area (TPSA) is 58.6 Å². The molecule has 0 saturated carbocycles. The zero-order valence-corrected chi connectivity index (χ0v) is 17.7. The van der Waals surface area contributed by atoms with Crippen molar-refractivity contribution < 1.29 is 18.7 Å². The number of benzene rings is 2. The van der Waals surface area contributed by atoms with E-state index in [0.717, 1.165) is 0 Å². The minimum atomic E-state index is -1.22. The van der Waals surface area contributed by atoms with Gasteiger partial charge in [-0.3, -0.25) is 9.59 Å². The van der Waals surface area contributed by atoms with Crippen LogP contribution in [0.1, 0.15) is 25.3 Å². The molecule has 2 unspecified atom stereocenters. The van der Waals surface area contributed by atoms with Crippen molar-refractivity contribution in [2.45, 2.75) is 31.4 Å². The maximum atomic E-state index is 14.3. The van der Waals surface area contributed by atoms with Gasteiger partial charge in [0, 0.05) is 35.0 Å². The summed E-state index contributed by atoms with van der Waals surface area (Å²) in [6, 6.07) is 10.8. The number of hydrogen-bond donors (Lipinski definition) is 1. The molecule has 0 radical (unpaired) electrons. The number of likely N-dealkylation sites (tertiary alicyclic amines) is 1. The Labute approximate surface area is 178 Å². The van der Waals surface area contributed by atoms with E-state index in [-0.39, 0.29) is 18.0 Å². The molecule has 0 aliphatic carbocycles. The molecule has 154 valence electrons. The highest BCUT2D eigenvalue weighted by molar-refractivity contribution is 6.35. The van der Waals surface area contributed by atoms with Crippen molar-refractivity contribution in [1.29, 1.82) is 0 Å². The van der Waals surface area contributed by atoms with Crippen LogP contribution in [0, 0.1) is 5.82 Å². The fraction of sp³-hybridized carbons (Fsp3) is 0.333. The van der Waals surface area contributed by atoms with Crippen LogP contribution in [0.15, 0.2) is 42.5 Å². The normalized spacial score (nSPS) is 19.5. The molecule has 0 bridgehead atoms. The average Bonchev–Trinajstić information content (AvgIpc) is 2.98. The molecule has 2 aromatic carbocycles. The molecular formula is C21H21Cl2FN2O3. The standard InChI is InChI=1S/C21H21Cl2FN2O3/c1-21(2,20(28)25-14-9-12(22)8-13(23)10-14)26-11-17(29-3)18(19(26)27)15-6-4-5-7-16(15)24/h4-10,17-18H,11H2,1-3H3,(H,25,28). The minimum Gasteiger partial charge on any atom is -0.378 e. The fourth-order valence-electron chi connectivity index (χ4n) is 3.51. The first-order valence-electron chi connectivity index (χ1n) is 9.01. The Morgan fingerprint density at radius 1 is 1.21 bits per heavy atom. The maximum absolute atomic E-state index is 14.3. The summed E-state index contributed by atoms with van der Waals surface area (Å²) in [5.74, 6) is -2.10. The number of rotatable bonds is 5. The van der Waals surface area contributed by atoms with E-state index in [4.69, 9.17) is 27.9 Å². The van der Waals surface area contributed by atoms with Gasteiger partial charge in [0.15, 0.2) is 0 Å². The number of ether oxygens (including phenoxy) is 1. The van der Waals surface area contributed by atoms with Crippen molar-refractivity contribution in [2.24, 2.45) is 0 Å². The molecule has 1 fully saturated rings. The number of nitrogens with one attached hydrogen (secondary N) is 1. The van der Waals surface area contributed by atoms with Gasteiger partial charge in [-0.2, -0.15) is 0 Å². The van der Waals surface area contributed by atoms with E-state index < -0.39 is 29.3 Å². The predicted molar refractivity (Wildman–Crippen MR) is 111 cm³/mol. The molecule has 0 spiro atoms. The number of hydrogen-bond acceptors (Lipinski definition) is 3. The van der Waals surface area contributed by atoms with Crippen molar-refractivity contribution in [3.63, 3.8) is 0 Å². The lowest BCUT2D eigenvalue weighted by atomic mass is 9.94. The van der Waals surface area contributed by atoms with E-state index in [9.17, 15) is 14.0 Å². The Morgan fingerprint density at radius 2 is 1.83 bits per heavy atom. The quantitative estimate of drug-likeness (QED) is 0.747. The first-order chi connectivity index (χ1) is 13.6. The van der Waals surface area contributed by atoms with Crippen LogP contribution >= 0.6 is 23.2 Å². The van der Waals surface area contributed by atoms with E-state index in [1.165, 1.54) is 18.1 Å². The van der Waals surface area contributed by atoms with E-state index in [1.54, 1.807) is 50.2 Å². The van der Waals surface area contributed by atoms with E-state index >= 15 is 0 Å². The van der Waals surface area contributed by atoms with E-state index in [1.807, 2.05) is 0 Å². The number of nitrogens with zero attached hydrogens (tertiary/aromatic N) is 1. The Hall–Kier alpha value is -2.15. The Kier molecular flexibility index (Phi) is 6.17. The number of carbonyl (C=O) groups excluding carboxylic acids is 2. The molecule has 2 aromatic rings. The smallest absolute Gasteiger partial charge is 0.249 e. The SMILES string of the molecule is COC1CN(C(C)(C)C(=O)Nc2cc(Cl)cc(Cl)c2)C(=O)C1c1ccccc1F. The molecule has 29 heavy (non-hydrogen) atoms. The molecule has 1 aliphatic heterocycles. The van der Waals surface area contributed by atoms with Crippen LogP contribution < -0.4 is 5.32 Å². The van der Waals surface area contributed by atoms with Crippen molar-refractivity contribution in [3.05, 3.63) is 63.9 Å². The van der Waals surface area contributed by atoms with Crippen LogP contribution in [0.25, 0.3) is 0 Å². The molecule has 2 amide bonds. The Morgan fingerprint density at radius 3 is 2.41 bits per heavy atom. The average molecular weight is 439 g/mol. The molecule has 1 heterocycles. The van der Waals surface area contributed by atoms with E-state index in [0.29, 0.717) is 15.7 Å². The third-order valence-electron chi connectivity index (χ3n) is 5.16. The van der Waals surface area contributed by atoms with Crippen molar-refractivity contribution >= 4 is 40.7 Å². The molecular weight excluding hydrogens is 418 g/mol. The first-order valence-corrected chi connectivity index (χ1v) is 9.77. The summed E-state index contributed by atoms with van der Waals surface area (Å²) in [6.45, 7) is 3.41. The van der Waals surface area contributed by atoms with Gasteiger partial charge in [0.05, 0.1) is 12.0 Å². The summed E-state index contributed by atoms with van der Waals surface area (Å²) in [7, 11) is 1.47. The van der Waals surface area contributed by atoms with Gasteiger partial charge >= 0.3 is 0 Å². The Balaban J connectivity index is 1.87. The first kappa shape index (κ1) is 21.6. The lowest BCUT2D eigenvalue weighted by molar-refractivity contribution is -0.140. The van der Waals surface area contributed by atoms with Gasteiger partial charge in [-0.1, -0.05) is 41.4 Å². The zero-order valence-electron chi connectivity index (χ0n) is 16.2. The maximum Gasteiger partial charge on any atom is 0.249 e. The van der Waals surface area contributed by atoms with Crippen LogP contribution in [-0.4, -0.2) is 42.0 Å². The third-order valence-corrected chi connectivity index (χ3v) is 5.60. The molecule has 8 heteroatoms.